The molecule has 470 valence electrons. The Labute approximate surface area is 610 Å². The number of benzene rings is 11. The van der Waals surface area contributed by atoms with Crippen molar-refractivity contribution in [3.05, 3.63) is 252 Å². The molecule has 0 aliphatic heterocycles. The van der Waals surface area contributed by atoms with E-state index in [0.717, 1.165) is 53.6 Å². The van der Waals surface area contributed by atoms with Gasteiger partial charge in [0.2, 0.25) is 0 Å². The topological polar surface area (TPSA) is 9.72 Å². The second-order valence-electron chi connectivity index (χ2n) is 29.6. The molecular weight excluding hydrogens is 1250 g/mol. The van der Waals surface area contributed by atoms with Crippen molar-refractivity contribution in [3.8, 4) is 11.1 Å². The highest BCUT2D eigenvalue weighted by Gasteiger charge is 2.38. The number of anilines is 9. The molecule has 18 radical (unpaired) electrons. The molecule has 12 aromatic rings. The summed E-state index contributed by atoms with van der Waals surface area (Å²) in [4.78, 5) is 11.0. The Morgan fingerprint density at radius 3 is 0.990 bits per heavy atom. The number of rotatable bonds is 14. The Hall–Kier alpha value is -8.00. The maximum atomic E-state index is 8.78. The zero-order chi connectivity index (χ0) is 71.0. The summed E-state index contributed by atoms with van der Waals surface area (Å²) >= 11 is 10.0. The van der Waals surface area contributed by atoms with Crippen LogP contribution in [0.4, 0.5) is 51.2 Å². The first-order chi connectivity index (χ1) is 46.8. The molecule has 0 spiro atoms. The molecule has 0 fully saturated rings. The summed E-state index contributed by atoms with van der Waals surface area (Å²) in [5.74, 6) is 0. The fraction of sp³-hybridized carbons (Fsp3) is 0.190. The van der Waals surface area contributed by atoms with Crippen molar-refractivity contribution in [3.63, 3.8) is 0 Å². The van der Waals surface area contributed by atoms with Crippen LogP contribution in [0.25, 0.3) is 21.2 Å². The smallest absolute Gasteiger partial charge is 0.131 e. The molecule has 1 heterocycles. The van der Waals surface area contributed by atoms with Crippen LogP contribution < -0.4 is 63.2 Å². The first-order valence-corrected chi connectivity index (χ1v) is 36.1. The lowest BCUT2D eigenvalue weighted by molar-refractivity contribution is 0.590. The Bertz CT molecular complexity index is 4800. The third kappa shape index (κ3) is 13.2. The van der Waals surface area contributed by atoms with Crippen molar-refractivity contribution in [1.82, 2.24) is 0 Å². The number of hydrogen-bond acceptors (Lipinski definition) is 4. The van der Waals surface area contributed by atoms with Gasteiger partial charge in [-0.05, 0) is 175 Å². The van der Waals surface area contributed by atoms with Gasteiger partial charge >= 0.3 is 0 Å². The molecule has 11 aromatic carbocycles. The lowest BCUT2D eigenvalue weighted by Crippen LogP contribution is -2.56. The average molecular weight is 1320 g/mol. The largest absolute Gasteiger partial charge is 0.310 e. The van der Waals surface area contributed by atoms with Crippen molar-refractivity contribution < 1.29 is 0 Å². The van der Waals surface area contributed by atoms with Crippen LogP contribution >= 0.6 is 33.0 Å². The second kappa shape index (κ2) is 27.2. The van der Waals surface area contributed by atoms with Gasteiger partial charge in [-0.2, -0.15) is 11.3 Å². The van der Waals surface area contributed by atoms with Gasteiger partial charge in [-0.25, -0.2) is 0 Å². The molecule has 0 atom stereocenters. The second-order valence-corrected chi connectivity index (χ2v) is 34.2. The van der Waals surface area contributed by atoms with Gasteiger partial charge < -0.3 is 14.7 Å². The van der Waals surface area contributed by atoms with Crippen molar-refractivity contribution in [2.45, 2.75) is 124 Å². The van der Waals surface area contributed by atoms with E-state index in [1.165, 1.54) is 28.0 Å². The number of hydrogen-bond donors (Lipinski definition) is 0. The first-order valence-electron chi connectivity index (χ1n) is 33.3. The highest BCUT2D eigenvalue weighted by atomic mass is 35.5. The minimum atomic E-state index is -2.54. The van der Waals surface area contributed by atoms with Crippen LogP contribution in [-0.4, -0.2) is 70.6 Å². The summed E-state index contributed by atoms with van der Waals surface area (Å²) in [6.07, 6.45) is 0. The summed E-state index contributed by atoms with van der Waals surface area (Å²) in [5, 5.41) is 0.850. The summed E-state index contributed by atoms with van der Waals surface area (Å²) in [5.41, 5.74) is 12.3. The quantitative estimate of drug-likeness (QED) is 0.100. The van der Waals surface area contributed by atoms with Gasteiger partial charge in [0, 0.05) is 63.8 Å². The third-order valence-electron chi connectivity index (χ3n) is 18.9. The van der Waals surface area contributed by atoms with Crippen LogP contribution in [0.2, 0.25) is 5.02 Å². The van der Waals surface area contributed by atoms with E-state index in [2.05, 4.69) is 322 Å². The summed E-state index contributed by atoms with van der Waals surface area (Å²) in [6, 6.07) is 80.9. The van der Waals surface area contributed by atoms with Gasteiger partial charge in [0.15, 0.2) is 0 Å². The van der Waals surface area contributed by atoms with E-state index in [1.807, 2.05) is 0 Å². The lowest BCUT2D eigenvalue weighted by atomic mass is 9.57. The van der Waals surface area contributed by atoms with Gasteiger partial charge in [-0.1, -0.05) is 231 Å². The SMILES string of the molecule is [B]c1sc2c([B])c([B])c(-c3c([B])c([B])c([B])c([B])c3[B])c([B])c2c1N(c1ccc(C(C)(C)C)cc1)c1cc(S(c2ccccc2)(c2ccccc2)c2ccccc2)cc(N(c2ccc(C(C)(C)C)cc2)c2cccc(N(c3ccc(C(C)(C)C)cc3)c3ccc(C(C)(C)C)cc3)c2)c1Cl. The van der Waals surface area contributed by atoms with Crippen LogP contribution in [0.1, 0.15) is 105 Å². The molecule has 0 bridgehead atoms. The van der Waals surface area contributed by atoms with Crippen LogP contribution in [0.5, 0.6) is 0 Å². The van der Waals surface area contributed by atoms with Crippen molar-refractivity contribution >= 4 is 213 Å². The molecule has 99 heavy (non-hydrogen) atoms. The Morgan fingerprint density at radius 1 is 0.303 bits per heavy atom. The molecule has 0 unspecified atom stereocenters. The van der Waals surface area contributed by atoms with E-state index < -0.39 is 10.0 Å². The van der Waals surface area contributed by atoms with Gasteiger partial charge in [0.25, 0.3) is 0 Å². The van der Waals surface area contributed by atoms with E-state index in [-0.39, 0.29) is 76.5 Å². The molecule has 15 heteroatoms. The Balaban J connectivity index is 1.25. The molecule has 1 aromatic heterocycles. The number of fused-ring (bicyclic) bond motifs is 1. The lowest BCUT2D eigenvalue weighted by Gasteiger charge is -2.43. The van der Waals surface area contributed by atoms with Crippen molar-refractivity contribution in [2.24, 2.45) is 0 Å². The highest BCUT2D eigenvalue weighted by molar-refractivity contribution is 8.34. The summed E-state index contributed by atoms with van der Waals surface area (Å²) in [6.45, 7) is 26.8. The molecule has 12 rings (SSSR count). The minimum absolute atomic E-state index is 0.0255. The number of thiophene rings is 1. The molecule has 0 saturated carbocycles. The van der Waals surface area contributed by atoms with Gasteiger partial charge in [0.1, 0.15) is 70.6 Å². The monoisotopic (exact) mass is 1320 g/mol. The molecule has 0 N–H and O–H groups in total. The van der Waals surface area contributed by atoms with E-state index in [1.54, 1.807) is 0 Å². The molecule has 0 saturated heterocycles. The fourth-order valence-electron chi connectivity index (χ4n) is 13.3. The minimum Gasteiger partial charge on any atom is -0.310 e. The molecule has 3 nitrogen and oxygen atoms in total. The predicted octanol–water partition coefficient (Wildman–Crippen LogP) is 15.3. The van der Waals surface area contributed by atoms with E-state index in [4.69, 9.17) is 82.2 Å². The van der Waals surface area contributed by atoms with Gasteiger partial charge in [-0.15, -0.1) is 26.4 Å². The first kappa shape index (κ1) is 70.9. The Kier molecular flexibility index (Phi) is 19.4. The predicted molar refractivity (Wildman–Crippen MR) is 440 cm³/mol. The maximum absolute atomic E-state index is 8.78. The maximum Gasteiger partial charge on any atom is 0.131 e. The summed E-state index contributed by atoms with van der Waals surface area (Å²) < 4.78 is 0.890. The van der Waals surface area contributed by atoms with E-state index >= 15 is 0 Å². The molecule has 0 amide bonds. The van der Waals surface area contributed by atoms with Crippen LogP contribution in [0.3, 0.4) is 0 Å². The van der Waals surface area contributed by atoms with E-state index in [0.29, 0.717) is 42.6 Å². The Morgan fingerprint density at radius 2 is 0.616 bits per heavy atom. The van der Waals surface area contributed by atoms with Crippen LogP contribution in [-0.2, 0) is 21.7 Å². The fourth-order valence-corrected chi connectivity index (χ4v) is 18.5. The van der Waals surface area contributed by atoms with E-state index in [9.17, 15) is 0 Å². The standard InChI is InChI=1S/C84H73B9ClN3S2/c1-81(2,3)50-31-39-54(40-32-50)95(55-41-33-51(34-42-55)82(4,5)6)58-23-22-24-59(47-58)96(56-43-35-52(36-44-56)83(7,8)9)64-48-63(99(60-25-16-13-17-26-60,61-27-18-14-19-28-61)62-29-20-15-21-30-62)49-65(77(64)94)97(57-45-37-53(38-46-57)84(10,11)12)78-68-69(85)66(72(88)76(92)79(68)98-80(78)93)67-70(86)73(89)75(91)74(90)71(67)87/h13-49H,1-12H3. The molecular formula is C84H73B9ClN3S2. The summed E-state index contributed by atoms with van der Waals surface area (Å²) in [7, 11) is 60.8. The van der Waals surface area contributed by atoms with Crippen LogP contribution in [0.15, 0.2) is 244 Å². The van der Waals surface area contributed by atoms with Crippen molar-refractivity contribution in [1.29, 1.82) is 0 Å². The van der Waals surface area contributed by atoms with Gasteiger partial charge in [-0.3, -0.25) is 0 Å². The van der Waals surface area contributed by atoms with Crippen LogP contribution in [0, 0.1) is 0 Å². The highest BCUT2D eigenvalue weighted by Crippen LogP contribution is 2.74. The van der Waals surface area contributed by atoms with Gasteiger partial charge in [0.05, 0.1) is 22.1 Å². The normalized spacial score (nSPS) is 12.4. The number of nitrogens with zero attached hydrogens (tertiary/aromatic N) is 3. The zero-order valence-corrected chi connectivity index (χ0v) is 61.0. The molecule has 0 aliphatic carbocycles. The zero-order valence-electron chi connectivity index (χ0n) is 58.6. The third-order valence-corrected chi connectivity index (χ3v) is 24.2. The average Bonchev–Trinajstić information content (AvgIpc) is 1.72. The van der Waals surface area contributed by atoms with Crippen molar-refractivity contribution in [2.75, 3.05) is 14.7 Å². The number of halogens is 1. The molecule has 0 aliphatic rings.